The number of rotatable bonds is 4. The molecule has 3 aliphatic heterocycles. The molecule has 0 radical (unpaired) electrons. The number of carbonyl (C=O) groups is 2. The zero-order valence-corrected chi connectivity index (χ0v) is 14.5. The number of hydrogen-bond acceptors (Lipinski definition) is 4. The predicted octanol–water partition coefficient (Wildman–Crippen LogP) is 0.140. The molecule has 0 aliphatic carbocycles. The van der Waals surface area contributed by atoms with E-state index in [0.717, 1.165) is 39.3 Å². The lowest BCUT2D eigenvalue weighted by atomic mass is 10.1. The van der Waals surface area contributed by atoms with Gasteiger partial charge >= 0.3 is 0 Å². The highest BCUT2D eigenvalue weighted by atomic mass is 16.2. The van der Waals surface area contributed by atoms with E-state index in [4.69, 9.17) is 0 Å². The highest BCUT2D eigenvalue weighted by molar-refractivity contribution is 5.89. The molecule has 0 aromatic carbocycles. The fraction of sp³-hybridized carbons (Fsp3) is 0.882. The maximum atomic E-state index is 12.8. The van der Waals surface area contributed by atoms with Gasteiger partial charge in [-0.15, -0.1) is 0 Å². The largest absolute Gasteiger partial charge is 0.340 e. The van der Waals surface area contributed by atoms with Gasteiger partial charge in [-0.1, -0.05) is 6.92 Å². The summed E-state index contributed by atoms with van der Waals surface area (Å²) in [4.78, 5) is 31.5. The highest BCUT2D eigenvalue weighted by Crippen LogP contribution is 2.25. The van der Waals surface area contributed by atoms with Crippen molar-refractivity contribution in [1.29, 1.82) is 0 Å². The zero-order chi connectivity index (χ0) is 16.4. The molecule has 3 fully saturated rings. The molecular weight excluding hydrogens is 292 g/mol. The second-order valence-corrected chi connectivity index (χ2v) is 7.21. The average Bonchev–Trinajstić information content (AvgIpc) is 3.14. The maximum absolute atomic E-state index is 12.8. The highest BCUT2D eigenvalue weighted by Gasteiger charge is 2.39. The Morgan fingerprint density at radius 3 is 2.91 bits per heavy atom. The van der Waals surface area contributed by atoms with Crippen LogP contribution in [0.3, 0.4) is 0 Å². The Kier molecular flexibility index (Phi) is 5.21. The molecule has 0 bridgehead atoms. The Morgan fingerprint density at radius 2 is 2.17 bits per heavy atom. The van der Waals surface area contributed by atoms with Gasteiger partial charge in [-0.05, 0) is 32.9 Å². The molecule has 6 heteroatoms. The van der Waals surface area contributed by atoms with Gasteiger partial charge in [0.05, 0.1) is 5.92 Å². The van der Waals surface area contributed by atoms with Crippen molar-refractivity contribution in [2.45, 2.75) is 45.2 Å². The van der Waals surface area contributed by atoms with Gasteiger partial charge in [0, 0.05) is 51.2 Å². The van der Waals surface area contributed by atoms with E-state index in [0.29, 0.717) is 19.0 Å². The van der Waals surface area contributed by atoms with Crippen LogP contribution in [0.4, 0.5) is 0 Å². The van der Waals surface area contributed by atoms with Crippen LogP contribution in [0.15, 0.2) is 0 Å². The smallest absolute Gasteiger partial charge is 0.228 e. The summed E-state index contributed by atoms with van der Waals surface area (Å²) in [6.07, 6.45) is 2.79. The van der Waals surface area contributed by atoms with Crippen LogP contribution in [-0.2, 0) is 9.59 Å². The molecule has 3 aliphatic rings. The van der Waals surface area contributed by atoms with E-state index in [9.17, 15) is 9.59 Å². The van der Waals surface area contributed by atoms with Crippen LogP contribution in [0.25, 0.3) is 0 Å². The summed E-state index contributed by atoms with van der Waals surface area (Å²) in [5.41, 5.74) is 0. The summed E-state index contributed by atoms with van der Waals surface area (Å²) in [6.45, 7) is 10.3. The van der Waals surface area contributed by atoms with E-state index in [-0.39, 0.29) is 23.8 Å². The summed E-state index contributed by atoms with van der Waals surface area (Å²) in [5, 5.41) is 3.31. The maximum Gasteiger partial charge on any atom is 0.228 e. The van der Waals surface area contributed by atoms with Crippen molar-refractivity contribution in [2.75, 3.05) is 45.8 Å². The van der Waals surface area contributed by atoms with Gasteiger partial charge in [0.25, 0.3) is 0 Å². The molecule has 23 heavy (non-hydrogen) atoms. The Balaban J connectivity index is 1.57. The van der Waals surface area contributed by atoms with Gasteiger partial charge in [0.15, 0.2) is 0 Å². The number of nitrogens with zero attached hydrogens (tertiary/aromatic N) is 3. The molecule has 1 N–H and O–H groups in total. The van der Waals surface area contributed by atoms with E-state index >= 15 is 0 Å². The number of amides is 2. The Bertz CT molecular complexity index is 456. The number of nitrogens with one attached hydrogen (secondary N) is 1. The van der Waals surface area contributed by atoms with Crippen LogP contribution < -0.4 is 5.32 Å². The molecule has 6 nitrogen and oxygen atoms in total. The number of hydrogen-bond donors (Lipinski definition) is 1. The summed E-state index contributed by atoms with van der Waals surface area (Å²) in [5.74, 6) is 0.197. The molecule has 0 aromatic rings. The lowest BCUT2D eigenvalue weighted by molar-refractivity contribution is -0.138. The van der Waals surface area contributed by atoms with Gasteiger partial charge in [0.2, 0.25) is 11.8 Å². The van der Waals surface area contributed by atoms with Crippen LogP contribution in [0.2, 0.25) is 0 Å². The topological polar surface area (TPSA) is 55.9 Å². The van der Waals surface area contributed by atoms with Crippen molar-refractivity contribution in [3.8, 4) is 0 Å². The molecule has 0 spiro atoms. The molecular formula is C17H30N4O2. The average molecular weight is 322 g/mol. The molecule has 3 heterocycles. The zero-order valence-electron chi connectivity index (χ0n) is 14.5. The van der Waals surface area contributed by atoms with Gasteiger partial charge in [-0.25, -0.2) is 0 Å². The standard InChI is InChI=1S/C17H30N4O2/c1-3-19-7-4-5-15(19)12-20-11-14(9-16(20)22)17(23)21-8-6-18-10-13(21)2/h13-15,18H,3-12H2,1-2H3/t13-,14?,15?/m0/s1. The lowest BCUT2D eigenvalue weighted by Gasteiger charge is -2.35. The summed E-state index contributed by atoms with van der Waals surface area (Å²) in [7, 11) is 0. The van der Waals surface area contributed by atoms with E-state index in [2.05, 4.69) is 24.1 Å². The first-order valence-corrected chi connectivity index (χ1v) is 9.13. The Labute approximate surface area is 139 Å². The van der Waals surface area contributed by atoms with Crippen LogP contribution >= 0.6 is 0 Å². The van der Waals surface area contributed by atoms with E-state index in [1.54, 1.807) is 0 Å². The van der Waals surface area contributed by atoms with Crippen molar-refractivity contribution < 1.29 is 9.59 Å². The number of likely N-dealkylation sites (N-methyl/N-ethyl adjacent to an activating group) is 1. The molecule has 3 rings (SSSR count). The Morgan fingerprint density at radius 1 is 1.35 bits per heavy atom. The third-order valence-electron chi connectivity index (χ3n) is 5.68. The van der Waals surface area contributed by atoms with Crippen molar-refractivity contribution in [2.24, 2.45) is 5.92 Å². The van der Waals surface area contributed by atoms with Gasteiger partial charge in [-0.2, -0.15) is 0 Å². The van der Waals surface area contributed by atoms with E-state index in [1.165, 1.54) is 12.8 Å². The van der Waals surface area contributed by atoms with Crippen molar-refractivity contribution in [3.05, 3.63) is 0 Å². The third-order valence-corrected chi connectivity index (χ3v) is 5.68. The Hall–Kier alpha value is -1.14. The number of carbonyl (C=O) groups excluding carboxylic acids is 2. The van der Waals surface area contributed by atoms with Gasteiger partial charge in [-0.3, -0.25) is 14.5 Å². The number of likely N-dealkylation sites (tertiary alicyclic amines) is 2. The summed E-state index contributed by atoms with van der Waals surface area (Å²) in [6, 6.07) is 0.710. The summed E-state index contributed by atoms with van der Waals surface area (Å²) < 4.78 is 0. The SMILES string of the molecule is CCN1CCCC1CN1CC(C(=O)N2CCNC[C@@H]2C)CC1=O. The minimum Gasteiger partial charge on any atom is -0.340 e. The minimum atomic E-state index is -0.139. The second-order valence-electron chi connectivity index (χ2n) is 7.21. The van der Waals surface area contributed by atoms with Gasteiger partial charge < -0.3 is 15.1 Å². The first-order chi connectivity index (χ1) is 11.1. The third kappa shape index (κ3) is 3.53. The van der Waals surface area contributed by atoms with Crippen LogP contribution in [0.1, 0.15) is 33.1 Å². The molecule has 2 amide bonds. The minimum absolute atomic E-state index is 0.139. The monoisotopic (exact) mass is 322 g/mol. The van der Waals surface area contributed by atoms with Crippen LogP contribution in [-0.4, -0.2) is 84.4 Å². The van der Waals surface area contributed by atoms with Crippen molar-refractivity contribution in [3.63, 3.8) is 0 Å². The van der Waals surface area contributed by atoms with E-state index < -0.39 is 0 Å². The molecule has 3 atom stereocenters. The summed E-state index contributed by atoms with van der Waals surface area (Å²) >= 11 is 0. The quantitative estimate of drug-likeness (QED) is 0.800. The molecule has 3 saturated heterocycles. The van der Waals surface area contributed by atoms with Crippen LogP contribution in [0, 0.1) is 5.92 Å². The molecule has 0 aromatic heterocycles. The van der Waals surface area contributed by atoms with E-state index in [1.807, 2.05) is 9.80 Å². The molecule has 130 valence electrons. The van der Waals surface area contributed by atoms with Gasteiger partial charge in [0.1, 0.15) is 0 Å². The lowest BCUT2D eigenvalue weighted by Crippen LogP contribution is -2.54. The first-order valence-electron chi connectivity index (χ1n) is 9.13. The molecule has 2 unspecified atom stereocenters. The normalized spacial score (nSPS) is 32.8. The first kappa shape index (κ1) is 16.7. The fourth-order valence-corrected chi connectivity index (χ4v) is 4.29. The van der Waals surface area contributed by atoms with Crippen molar-refractivity contribution >= 4 is 11.8 Å². The second kappa shape index (κ2) is 7.18. The molecule has 0 saturated carbocycles. The van der Waals surface area contributed by atoms with Crippen LogP contribution in [0.5, 0.6) is 0 Å². The van der Waals surface area contributed by atoms with Crippen molar-refractivity contribution in [1.82, 2.24) is 20.0 Å². The number of piperazine rings is 1. The predicted molar refractivity (Wildman–Crippen MR) is 89.0 cm³/mol. The fourth-order valence-electron chi connectivity index (χ4n) is 4.29.